The summed E-state index contributed by atoms with van der Waals surface area (Å²) in [7, 11) is 0. The second-order valence-corrected chi connectivity index (χ2v) is 5.63. The molecule has 0 saturated carbocycles. The zero-order valence-electron chi connectivity index (χ0n) is 11.2. The van der Waals surface area contributed by atoms with Gasteiger partial charge in [-0.25, -0.2) is 9.97 Å². The van der Waals surface area contributed by atoms with Gasteiger partial charge in [0.05, 0.1) is 11.8 Å². The fourth-order valence-corrected chi connectivity index (χ4v) is 2.70. The minimum Gasteiger partial charge on any atom is -0.270 e. The van der Waals surface area contributed by atoms with Gasteiger partial charge in [-0.1, -0.05) is 11.6 Å². The standard InChI is InChI=1S/C14H17ClN4/c1-9(2)19-8-10(7-16-19)14-17-12-6-4-3-5-11(12)13(15)18-14/h7-9H,3-6H2,1-2H3. The summed E-state index contributed by atoms with van der Waals surface area (Å²) in [5.41, 5.74) is 3.18. The van der Waals surface area contributed by atoms with Crippen molar-refractivity contribution in [1.82, 2.24) is 19.7 Å². The summed E-state index contributed by atoms with van der Waals surface area (Å²) in [6, 6.07) is 0.335. The van der Waals surface area contributed by atoms with E-state index in [-0.39, 0.29) is 0 Å². The Kier molecular flexibility index (Phi) is 3.27. The lowest BCUT2D eigenvalue weighted by atomic mass is 9.97. The van der Waals surface area contributed by atoms with Gasteiger partial charge in [0.2, 0.25) is 0 Å². The average Bonchev–Trinajstić information content (AvgIpc) is 2.88. The summed E-state index contributed by atoms with van der Waals surface area (Å²) in [5.74, 6) is 0.692. The number of aryl methyl sites for hydroxylation is 1. The summed E-state index contributed by atoms with van der Waals surface area (Å²) >= 11 is 6.29. The molecule has 0 bridgehead atoms. The quantitative estimate of drug-likeness (QED) is 0.789. The number of aromatic nitrogens is 4. The molecular formula is C14H17ClN4. The zero-order chi connectivity index (χ0) is 13.4. The van der Waals surface area contributed by atoms with Gasteiger partial charge in [0.25, 0.3) is 0 Å². The summed E-state index contributed by atoms with van der Waals surface area (Å²) in [6.45, 7) is 4.19. The summed E-state index contributed by atoms with van der Waals surface area (Å²) in [4.78, 5) is 9.10. The van der Waals surface area contributed by atoms with Crippen molar-refractivity contribution >= 4 is 11.6 Å². The average molecular weight is 277 g/mol. The van der Waals surface area contributed by atoms with Gasteiger partial charge in [0.1, 0.15) is 5.15 Å². The van der Waals surface area contributed by atoms with Crippen molar-refractivity contribution in [3.05, 3.63) is 28.8 Å². The molecule has 0 aliphatic heterocycles. The Bertz CT molecular complexity index is 603. The smallest absolute Gasteiger partial charge is 0.164 e. The van der Waals surface area contributed by atoms with E-state index in [2.05, 4.69) is 28.9 Å². The van der Waals surface area contributed by atoms with E-state index in [1.54, 1.807) is 6.20 Å². The second kappa shape index (κ2) is 4.93. The summed E-state index contributed by atoms with van der Waals surface area (Å²) in [5, 5.41) is 4.94. The third kappa shape index (κ3) is 2.37. The lowest BCUT2D eigenvalue weighted by molar-refractivity contribution is 0.532. The Morgan fingerprint density at radius 2 is 2.00 bits per heavy atom. The molecule has 0 atom stereocenters. The Labute approximate surface area is 117 Å². The molecule has 0 aromatic carbocycles. The Morgan fingerprint density at radius 3 is 2.74 bits per heavy atom. The van der Waals surface area contributed by atoms with Crippen LogP contribution in [-0.4, -0.2) is 19.7 Å². The van der Waals surface area contributed by atoms with Gasteiger partial charge < -0.3 is 0 Å². The molecule has 100 valence electrons. The molecule has 4 nitrogen and oxygen atoms in total. The van der Waals surface area contributed by atoms with Crippen LogP contribution in [0.25, 0.3) is 11.4 Å². The van der Waals surface area contributed by atoms with Crippen molar-refractivity contribution in [2.24, 2.45) is 0 Å². The molecule has 3 rings (SSSR count). The number of hydrogen-bond acceptors (Lipinski definition) is 3. The number of halogens is 1. The predicted molar refractivity (Wildman–Crippen MR) is 75.3 cm³/mol. The minimum atomic E-state index is 0.335. The number of rotatable bonds is 2. The van der Waals surface area contributed by atoms with Crippen LogP contribution in [0.5, 0.6) is 0 Å². The van der Waals surface area contributed by atoms with Crippen LogP contribution in [0.1, 0.15) is 44.0 Å². The van der Waals surface area contributed by atoms with Crippen LogP contribution in [0.3, 0.4) is 0 Å². The highest BCUT2D eigenvalue weighted by Gasteiger charge is 2.18. The molecule has 19 heavy (non-hydrogen) atoms. The SMILES string of the molecule is CC(C)n1cc(-c2nc(Cl)c3c(n2)CCCC3)cn1. The largest absolute Gasteiger partial charge is 0.270 e. The van der Waals surface area contributed by atoms with E-state index in [1.165, 1.54) is 12.8 Å². The lowest BCUT2D eigenvalue weighted by Gasteiger charge is -2.16. The highest BCUT2D eigenvalue weighted by Crippen LogP contribution is 2.28. The van der Waals surface area contributed by atoms with Crippen LogP contribution in [0, 0.1) is 0 Å². The third-order valence-electron chi connectivity index (χ3n) is 3.52. The molecule has 0 unspecified atom stereocenters. The molecule has 0 amide bonds. The molecule has 0 fully saturated rings. The van der Waals surface area contributed by atoms with Gasteiger partial charge >= 0.3 is 0 Å². The van der Waals surface area contributed by atoms with E-state index in [9.17, 15) is 0 Å². The fraction of sp³-hybridized carbons (Fsp3) is 0.500. The first kappa shape index (κ1) is 12.6. The van der Waals surface area contributed by atoms with Crippen LogP contribution in [0.15, 0.2) is 12.4 Å². The van der Waals surface area contributed by atoms with Crippen molar-refractivity contribution < 1.29 is 0 Å². The molecular weight excluding hydrogens is 260 g/mol. The molecule has 2 heterocycles. The van der Waals surface area contributed by atoms with Gasteiger partial charge in [-0.05, 0) is 39.5 Å². The molecule has 1 aliphatic rings. The van der Waals surface area contributed by atoms with Crippen molar-refractivity contribution in [3.8, 4) is 11.4 Å². The molecule has 0 radical (unpaired) electrons. The van der Waals surface area contributed by atoms with Crippen LogP contribution in [-0.2, 0) is 12.8 Å². The van der Waals surface area contributed by atoms with Gasteiger partial charge in [0.15, 0.2) is 5.82 Å². The molecule has 0 N–H and O–H groups in total. The number of fused-ring (bicyclic) bond motifs is 1. The first-order chi connectivity index (χ1) is 9.15. The maximum atomic E-state index is 6.29. The maximum Gasteiger partial charge on any atom is 0.164 e. The third-order valence-corrected chi connectivity index (χ3v) is 3.83. The monoisotopic (exact) mass is 276 g/mol. The van der Waals surface area contributed by atoms with Gasteiger partial charge in [-0.2, -0.15) is 5.10 Å². The van der Waals surface area contributed by atoms with E-state index in [4.69, 9.17) is 11.6 Å². The lowest BCUT2D eigenvalue weighted by Crippen LogP contribution is -2.08. The van der Waals surface area contributed by atoms with Gasteiger partial charge in [-0.3, -0.25) is 4.68 Å². The van der Waals surface area contributed by atoms with E-state index in [0.717, 1.165) is 29.7 Å². The predicted octanol–water partition coefficient (Wildman–Crippen LogP) is 3.45. The van der Waals surface area contributed by atoms with E-state index in [1.807, 2.05) is 10.9 Å². The van der Waals surface area contributed by atoms with E-state index in [0.29, 0.717) is 17.0 Å². The van der Waals surface area contributed by atoms with Crippen molar-refractivity contribution in [2.45, 2.75) is 45.6 Å². The van der Waals surface area contributed by atoms with Crippen molar-refractivity contribution in [1.29, 1.82) is 0 Å². The molecule has 0 spiro atoms. The Balaban J connectivity index is 2.02. The highest BCUT2D eigenvalue weighted by atomic mass is 35.5. The van der Waals surface area contributed by atoms with E-state index >= 15 is 0 Å². The van der Waals surface area contributed by atoms with E-state index < -0.39 is 0 Å². The number of hydrogen-bond donors (Lipinski definition) is 0. The van der Waals surface area contributed by atoms with Crippen LogP contribution >= 0.6 is 11.6 Å². The van der Waals surface area contributed by atoms with Crippen LogP contribution < -0.4 is 0 Å². The molecule has 2 aromatic heterocycles. The number of nitrogens with zero attached hydrogens (tertiary/aromatic N) is 4. The van der Waals surface area contributed by atoms with Gasteiger partial charge in [0, 0.05) is 23.5 Å². The Hall–Kier alpha value is -1.42. The zero-order valence-corrected chi connectivity index (χ0v) is 12.0. The first-order valence-corrected chi connectivity index (χ1v) is 7.13. The molecule has 5 heteroatoms. The maximum absolute atomic E-state index is 6.29. The highest BCUT2D eigenvalue weighted by molar-refractivity contribution is 6.30. The minimum absolute atomic E-state index is 0.335. The Morgan fingerprint density at radius 1 is 1.21 bits per heavy atom. The van der Waals surface area contributed by atoms with Crippen LogP contribution in [0.2, 0.25) is 5.15 Å². The molecule has 0 saturated heterocycles. The normalized spacial score (nSPS) is 14.7. The van der Waals surface area contributed by atoms with Crippen LogP contribution in [0.4, 0.5) is 0 Å². The first-order valence-electron chi connectivity index (χ1n) is 6.75. The van der Waals surface area contributed by atoms with Crippen molar-refractivity contribution in [3.63, 3.8) is 0 Å². The summed E-state index contributed by atoms with van der Waals surface area (Å²) in [6.07, 6.45) is 8.15. The topological polar surface area (TPSA) is 43.6 Å². The molecule has 1 aliphatic carbocycles. The molecule has 2 aromatic rings. The van der Waals surface area contributed by atoms with Gasteiger partial charge in [-0.15, -0.1) is 0 Å². The summed E-state index contributed by atoms with van der Waals surface area (Å²) < 4.78 is 1.91. The van der Waals surface area contributed by atoms with Crippen molar-refractivity contribution in [2.75, 3.05) is 0 Å². The second-order valence-electron chi connectivity index (χ2n) is 5.27. The fourth-order valence-electron chi connectivity index (χ4n) is 2.41.